The van der Waals surface area contributed by atoms with E-state index in [-0.39, 0.29) is 12.4 Å². The number of thioether (sulfide) groups is 2. The van der Waals surface area contributed by atoms with Crippen LogP contribution < -0.4 is 0 Å². The molecule has 6 heteroatoms. The number of carbonyl (C=O) groups is 2. The lowest BCUT2D eigenvalue weighted by molar-refractivity contribution is 0.0474. The molecule has 0 N–H and O–H groups in total. The molecular weight excluding hydrogens is 390 g/mol. The molecule has 0 radical (unpaired) electrons. The predicted molar refractivity (Wildman–Crippen MR) is 118 cm³/mol. The summed E-state index contributed by atoms with van der Waals surface area (Å²) < 4.78 is 6.36. The van der Waals surface area contributed by atoms with Gasteiger partial charge in [0.15, 0.2) is 12.4 Å². The highest BCUT2D eigenvalue weighted by Crippen LogP contribution is 2.26. The van der Waals surface area contributed by atoms with E-state index in [0.717, 1.165) is 35.1 Å². The zero-order valence-electron chi connectivity index (χ0n) is 15.8. The molecule has 2 aromatic carbocycles. The highest BCUT2D eigenvalue weighted by molar-refractivity contribution is 8.38. The number of esters is 1. The minimum absolute atomic E-state index is 0.194. The van der Waals surface area contributed by atoms with Crippen molar-refractivity contribution in [1.82, 2.24) is 0 Å². The third-order valence-electron chi connectivity index (χ3n) is 4.30. The average molecular weight is 414 g/mol. The molecule has 2 aromatic rings. The molecule has 0 saturated heterocycles. The summed E-state index contributed by atoms with van der Waals surface area (Å²) in [7, 11) is 0. The molecule has 0 aliphatic carbocycles. The fourth-order valence-electron chi connectivity index (χ4n) is 2.83. The topological polar surface area (TPSA) is 55.7 Å². The number of rotatable bonds is 8. The number of hydrogen-bond donors (Lipinski definition) is 0. The number of Topliss-reactive ketones (excluding diaryl/α,β-unsaturated/α-hetero) is 1. The van der Waals surface area contributed by atoms with Gasteiger partial charge in [0.2, 0.25) is 0 Å². The molecule has 0 spiro atoms. The second-order valence-corrected chi connectivity index (χ2v) is 8.69. The van der Waals surface area contributed by atoms with Crippen molar-refractivity contribution in [2.45, 2.75) is 25.5 Å². The fraction of sp³-hybridized carbons (Fsp3) is 0.318. The smallest absolute Gasteiger partial charge is 0.338 e. The number of ether oxygens (including phenoxy) is 1. The van der Waals surface area contributed by atoms with E-state index in [1.54, 1.807) is 47.8 Å². The molecule has 0 saturated carbocycles. The quantitative estimate of drug-likeness (QED) is 0.449. The van der Waals surface area contributed by atoms with Crippen molar-refractivity contribution in [3.05, 3.63) is 70.8 Å². The van der Waals surface area contributed by atoms with Crippen molar-refractivity contribution in [3.63, 3.8) is 0 Å². The fourth-order valence-corrected chi connectivity index (χ4v) is 4.84. The molecule has 1 heterocycles. The Kier molecular flexibility index (Phi) is 7.74. The summed E-state index contributed by atoms with van der Waals surface area (Å²) in [5.74, 6) is 1.02. The molecule has 28 heavy (non-hydrogen) atoms. The number of carbonyl (C=O) groups excluding carboxylic acids is 2. The monoisotopic (exact) mass is 413 g/mol. The minimum atomic E-state index is -0.465. The third kappa shape index (κ3) is 5.72. The second kappa shape index (κ2) is 10.5. The summed E-state index contributed by atoms with van der Waals surface area (Å²) in [5.41, 5.74) is 3.16. The summed E-state index contributed by atoms with van der Waals surface area (Å²) in [5, 5.41) is 0. The van der Waals surface area contributed by atoms with Gasteiger partial charge >= 0.3 is 5.97 Å². The van der Waals surface area contributed by atoms with E-state index >= 15 is 0 Å². The Morgan fingerprint density at radius 2 is 1.93 bits per heavy atom. The van der Waals surface area contributed by atoms with Gasteiger partial charge in [0.1, 0.15) is 4.38 Å². The first-order valence-electron chi connectivity index (χ1n) is 9.34. The van der Waals surface area contributed by atoms with Crippen LogP contribution in [-0.4, -0.2) is 35.0 Å². The lowest BCUT2D eigenvalue weighted by Gasteiger charge is -2.09. The molecule has 0 bridgehead atoms. The van der Waals surface area contributed by atoms with Crippen LogP contribution in [0.3, 0.4) is 0 Å². The normalized spacial score (nSPS) is 13.2. The number of nitrogens with zero attached hydrogens (tertiary/aromatic N) is 1. The molecule has 0 amide bonds. The summed E-state index contributed by atoms with van der Waals surface area (Å²) in [6.45, 7) is 2.73. The largest absolute Gasteiger partial charge is 0.454 e. The average Bonchev–Trinajstić information content (AvgIpc) is 3.25. The molecule has 0 unspecified atom stereocenters. The Bertz CT molecular complexity index is 862. The zero-order valence-corrected chi connectivity index (χ0v) is 17.5. The molecule has 146 valence electrons. The van der Waals surface area contributed by atoms with E-state index in [4.69, 9.17) is 4.74 Å². The van der Waals surface area contributed by atoms with Gasteiger partial charge in [-0.1, -0.05) is 79.3 Å². The van der Waals surface area contributed by atoms with E-state index < -0.39 is 5.97 Å². The van der Waals surface area contributed by atoms with E-state index in [1.807, 2.05) is 24.3 Å². The molecule has 0 fully saturated rings. The third-order valence-corrected chi connectivity index (χ3v) is 6.60. The molecule has 1 aliphatic rings. The highest BCUT2D eigenvalue weighted by atomic mass is 32.2. The van der Waals surface area contributed by atoms with Crippen LogP contribution in [0, 0.1) is 0 Å². The van der Waals surface area contributed by atoms with E-state index in [2.05, 4.69) is 11.9 Å². The van der Waals surface area contributed by atoms with Crippen molar-refractivity contribution in [2.75, 3.05) is 18.9 Å². The Morgan fingerprint density at radius 3 is 2.64 bits per heavy atom. The standard InChI is InChI=1S/C22H23NO3S2/c1-2-5-16-8-10-17(11-9-16)20(24)14-26-21(25)19-7-4-3-6-18(19)15-28-22-23-12-13-27-22/h3-4,6-11H,2,5,12-15H2,1H3. The van der Waals surface area contributed by atoms with Crippen LogP contribution in [0.1, 0.15) is 45.2 Å². The SMILES string of the molecule is CCCc1ccc(C(=O)COC(=O)c2ccccc2CSC2=NCCS2)cc1. The van der Waals surface area contributed by atoms with Gasteiger partial charge in [0, 0.05) is 17.1 Å². The Balaban J connectivity index is 1.57. The lowest BCUT2D eigenvalue weighted by atomic mass is 10.1. The van der Waals surface area contributed by atoms with E-state index in [9.17, 15) is 9.59 Å². The van der Waals surface area contributed by atoms with Gasteiger partial charge in [-0.05, 0) is 23.6 Å². The van der Waals surface area contributed by atoms with Gasteiger partial charge in [0.25, 0.3) is 0 Å². The molecule has 1 aliphatic heterocycles. The molecule has 0 atom stereocenters. The molecule has 3 rings (SSSR count). The number of aliphatic imine (C=N–C) groups is 1. The summed E-state index contributed by atoms with van der Waals surface area (Å²) in [6.07, 6.45) is 2.05. The number of hydrogen-bond acceptors (Lipinski definition) is 6. The van der Waals surface area contributed by atoms with Crippen LogP contribution in [0.4, 0.5) is 0 Å². The van der Waals surface area contributed by atoms with Gasteiger partial charge in [-0.3, -0.25) is 9.79 Å². The summed E-state index contributed by atoms with van der Waals surface area (Å²) >= 11 is 3.38. The van der Waals surface area contributed by atoms with Crippen LogP contribution in [0.5, 0.6) is 0 Å². The molecular formula is C22H23NO3S2. The number of ketones is 1. The Labute approximate surface area is 174 Å². The van der Waals surface area contributed by atoms with Crippen molar-refractivity contribution < 1.29 is 14.3 Å². The lowest BCUT2D eigenvalue weighted by Crippen LogP contribution is -2.15. The summed E-state index contributed by atoms with van der Waals surface area (Å²) in [4.78, 5) is 29.3. The highest BCUT2D eigenvalue weighted by Gasteiger charge is 2.16. The Hall–Kier alpha value is -2.05. The maximum Gasteiger partial charge on any atom is 0.338 e. The second-order valence-electron chi connectivity index (χ2n) is 6.39. The van der Waals surface area contributed by atoms with Crippen LogP contribution in [0.2, 0.25) is 0 Å². The van der Waals surface area contributed by atoms with Gasteiger partial charge in [-0.2, -0.15) is 0 Å². The first kappa shape index (κ1) is 20.7. The minimum Gasteiger partial charge on any atom is -0.454 e. The van der Waals surface area contributed by atoms with Gasteiger partial charge in [0.05, 0.1) is 12.1 Å². The number of benzene rings is 2. The van der Waals surface area contributed by atoms with E-state index in [0.29, 0.717) is 16.9 Å². The van der Waals surface area contributed by atoms with Crippen LogP contribution in [-0.2, 0) is 16.9 Å². The van der Waals surface area contributed by atoms with Gasteiger partial charge < -0.3 is 4.74 Å². The van der Waals surface area contributed by atoms with E-state index in [1.165, 1.54) is 5.56 Å². The van der Waals surface area contributed by atoms with Crippen LogP contribution >= 0.6 is 23.5 Å². The van der Waals surface area contributed by atoms with Crippen molar-refractivity contribution in [2.24, 2.45) is 4.99 Å². The molecule has 0 aromatic heterocycles. The predicted octanol–water partition coefficient (Wildman–Crippen LogP) is 5.01. The summed E-state index contributed by atoms with van der Waals surface area (Å²) in [6, 6.07) is 14.9. The van der Waals surface area contributed by atoms with Crippen LogP contribution in [0.25, 0.3) is 0 Å². The molecule has 4 nitrogen and oxygen atoms in total. The van der Waals surface area contributed by atoms with Gasteiger partial charge in [-0.15, -0.1) is 0 Å². The van der Waals surface area contributed by atoms with Crippen molar-refractivity contribution in [3.8, 4) is 0 Å². The maximum atomic E-state index is 12.5. The first-order chi connectivity index (χ1) is 13.7. The number of aryl methyl sites for hydroxylation is 1. The maximum absolute atomic E-state index is 12.5. The first-order valence-corrected chi connectivity index (χ1v) is 11.3. The zero-order chi connectivity index (χ0) is 19.8. The Morgan fingerprint density at radius 1 is 1.14 bits per heavy atom. The van der Waals surface area contributed by atoms with Crippen LogP contribution in [0.15, 0.2) is 53.5 Å². The van der Waals surface area contributed by atoms with Gasteiger partial charge in [-0.25, -0.2) is 4.79 Å². The van der Waals surface area contributed by atoms with Crippen molar-refractivity contribution >= 4 is 39.7 Å². The van der Waals surface area contributed by atoms with Crippen molar-refractivity contribution in [1.29, 1.82) is 0 Å².